The summed E-state index contributed by atoms with van der Waals surface area (Å²) < 4.78 is 68.2. The summed E-state index contributed by atoms with van der Waals surface area (Å²) in [4.78, 5) is 0. The van der Waals surface area contributed by atoms with Crippen LogP contribution in [0.2, 0.25) is 0 Å². The fraction of sp³-hybridized carbons (Fsp3) is 0. The van der Waals surface area contributed by atoms with Crippen molar-refractivity contribution >= 4 is 103 Å². The van der Waals surface area contributed by atoms with Gasteiger partial charge in [-0.05, 0) is 0 Å². The number of hydrogen-bond acceptors (Lipinski definition) is 10. The zero-order chi connectivity index (χ0) is 9.00. The van der Waals surface area contributed by atoms with Gasteiger partial charge in [0.1, 0.15) is 0 Å². The maximum Gasteiger partial charge on any atom is 2.00 e. The quantitative estimate of drug-likeness (QED) is 0.130. The van der Waals surface area contributed by atoms with Gasteiger partial charge in [-0.1, -0.05) is 0 Å². The molecule has 0 bridgehead atoms. The Morgan fingerprint density at radius 3 is 0.533 bits per heavy atom. The first-order valence-corrected chi connectivity index (χ1v) is 4.00. The SMILES string of the molecule is O=S(=O)([O-])[O-].O=S(=O)([O-])[O-].[OH-].[OH-].[Pb+2].[Pb+2].[Pb+2]. The molecule has 15 heteroatoms. The molecular weight excluding hydrogens is 846 g/mol. The molecule has 0 aliphatic carbocycles. The van der Waals surface area contributed by atoms with E-state index in [-0.39, 0.29) is 92.8 Å². The Balaban J connectivity index is -0.0000000128. The molecule has 0 saturated carbocycles. The van der Waals surface area contributed by atoms with Gasteiger partial charge in [0.05, 0.1) is 0 Å². The Kier molecular flexibility index (Phi) is 54.2. The van der Waals surface area contributed by atoms with Crippen LogP contribution in [-0.4, -0.2) is 128 Å². The van der Waals surface area contributed by atoms with Crippen LogP contribution in [0, 0.1) is 0 Å². The third-order valence-corrected chi connectivity index (χ3v) is 0. The molecule has 0 fully saturated rings. The van der Waals surface area contributed by atoms with Crippen LogP contribution in [0.25, 0.3) is 0 Å². The third-order valence-electron chi connectivity index (χ3n) is 0. The van der Waals surface area contributed by atoms with Crippen molar-refractivity contribution in [3.63, 3.8) is 0 Å². The molecule has 0 heterocycles. The van der Waals surface area contributed by atoms with Crippen LogP contribution in [0.1, 0.15) is 0 Å². The molecule has 15 heavy (non-hydrogen) atoms. The van der Waals surface area contributed by atoms with Crippen molar-refractivity contribution in [3.05, 3.63) is 0 Å². The van der Waals surface area contributed by atoms with Crippen molar-refractivity contribution in [2.45, 2.75) is 0 Å². The third kappa shape index (κ3) is 581. The van der Waals surface area contributed by atoms with E-state index in [1.54, 1.807) is 0 Å². The summed E-state index contributed by atoms with van der Waals surface area (Å²) in [6.45, 7) is 0. The first kappa shape index (κ1) is 43.3. The van der Waals surface area contributed by atoms with Gasteiger partial charge in [-0.3, -0.25) is 16.8 Å². The normalized spacial score (nSPS) is 7.73. The number of rotatable bonds is 0. The first-order valence-electron chi connectivity index (χ1n) is 1.33. The maximum absolute atomic E-state index is 8.52. The molecule has 0 saturated heterocycles. The van der Waals surface area contributed by atoms with E-state index in [2.05, 4.69) is 0 Å². The van der Waals surface area contributed by atoms with E-state index in [4.69, 9.17) is 35.0 Å². The monoisotopic (exact) mass is 850 g/mol. The summed E-state index contributed by atoms with van der Waals surface area (Å²) in [5.74, 6) is 0. The summed E-state index contributed by atoms with van der Waals surface area (Å²) in [5.41, 5.74) is 0. The molecule has 0 aliphatic rings. The average Bonchev–Trinajstić information content (AvgIpc) is 1.12. The van der Waals surface area contributed by atoms with Crippen LogP contribution < -0.4 is 0 Å². The molecule has 0 spiro atoms. The van der Waals surface area contributed by atoms with Gasteiger partial charge in [0.2, 0.25) is 0 Å². The zero-order valence-corrected chi connectivity index (χ0v) is 19.8. The second-order valence-corrected chi connectivity index (χ2v) is 2.45. The van der Waals surface area contributed by atoms with Crippen LogP contribution >= 0.6 is 0 Å². The Morgan fingerprint density at radius 2 is 0.533 bits per heavy atom. The van der Waals surface area contributed by atoms with Crippen molar-refractivity contribution < 1.29 is 46.0 Å². The van der Waals surface area contributed by atoms with Gasteiger partial charge in [-0.2, -0.15) is 0 Å². The Hall–Kier alpha value is 2.43. The molecule has 0 aliphatic heterocycles. The topological polar surface area (TPSA) is 221 Å². The Morgan fingerprint density at radius 1 is 0.533 bits per heavy atom. The molecule has 0 atom stereocenters. The Bertz CT molecular complexity index is 215. The molecule has 0 aromatic carbocycles. The standard InChI is InChI=1S/2H2O4S.2H2O.3Pb/c2*1-5(2,3)4;;;;;/h2*(H2,1,2,3,4);2*1H2;;;/q;;;;3*+2/p-6. The largest absolute Gasteiger partial charge is 2.00 e. The van der Waals surface area contributed by atoms with Crippen molar-refractivity contribution in [3.8, 4) is 0 Å². The summed E-state index contributed by atoms with van der Waals surface area (Å²) in [6, 6.07) is 0. The molecule has 86 valence electrons. The van der Waals surface area contributed by atoms with Crippen LogP contribution in [0.5, 0.6) is 0 Å². The molecule has 6 radical (unpaired) electrons. The summed E-state index contributed by atoms with van der Waals surface area (Å²) in [5, 5.41) is 0. The molecule has 0 rings (SSSR count). The van der Waals surface area contributed by atoms with Crippen LogP contribution in [-0.2, 0) is 20.8 Å². The average molecular weight is 848 g/mol. The van der Waals surface area contributed by atoms with E-state index in [0.717, 1.165) is 0 Å². The van der Waals surface area contributed by atoms with E-state index in [1.165, 1.54) is 0 Å². The minimum atomic E-state index is -5.17. The Labute approximate surface area is 146 Å². The predicted octanol–water partition coefficient (Wildman–Crippen LogP) is -4.17. The van der Waals surface area contributed by atoms with Gasteiger partial charge >= 0.3 is 81.9 Å². The van der Waals surface area contributed by atoms with Gasteiger partial charge in [0, 0.05) is 20.8 Å². The fourth-order valence-corrected chi connectivity index (χ4v) is 0. The zero-order valence-electron chi connectivity index (χ0n) is 6.48. The second kappa shape index (κ2) is 18.8. The molecule has 2 N–H and O–H groups in total. The van der Waals surface area contributed by atoms with Crippen molar-refractivity contribution in [2.75, 3.05) is 0 Å². The predicted molar refractivity (Wildman–Crippen MR) is 42.1 cm³/mol. The van der Waals surface area contributed by atoms with Crippen LogP contribution in [0.3, 0.4) is 0 Å². The minimum absolute atomic E-state index is 0. The van der Waals surface area contributed by atoms with Gasteiger partial charge in [0.25, 0.3) is 0 Å². The second-order valence-electron chi connectivity index (χ2n) is 0.816. The van der Waals surface area contributed by atoms with E-state index in [0.29, 0.717) is 0 Å². The van der Waals surface area contributed by atoms with E-state index in [1.807, 2.05) is 0 Å². The molecule has 0 amide bonds. The van der Waals surface area contributed by atoms with E-state index >= 15 is 0 Å². The van der Waals surface area contributed by atoms with Gasteiger partial charge in [-0.15, -0.1) is 0 Å². The van der Waals surface area contributed by atoms with Crippen molar-refractivity contribution in [1.82, 2.24) is 0 Å². The van der Waals surface area contributed by atoms with E-state index in [9.17, 15) is 0 Å². The van der Waals surface area contributed by atoms with E-state index < -0.39 is 20.8 Å². The fourth-order valence-electron chi connectivity index (χ4n) is 0. The minimum Gasteiger partial charge on any atom is -0.870 e. The molecule has 0 aromatic rings. The number of hydrogen-bond donors (Lipinski definition) is 0. The first-order chi connectivity index (χ1) is 4.00. The van der Waals surface area contributed by atoms with Crippen molar-refractivity contribution in [2.24, 2.45) is 0 Å². The smallest absolute Gasteiger partial charge is 0.870 e. The summed E-state index contributed by atoms with van der Waals surface area (Å²) in [6.07, 6.45) is 0. The molecule has 0 unspecified atom stereocenters. The molecular formula is H2O10Pb3S2. The maximum atomic E-state index is 8.52. The molecule has 10 nitrogen and oxygen atoms in total. The van der Waals surface area contributed by atoms with Crippen molar-refractivity contribution in [1.29, 1.82) is 0 Å². The van der Waals surface area contributed by atoms with Gasteiger partial charge in [-0.25, -0.2) is 0 Å². The molecule has 0 aromatic heterocycles. The van der Waals surface area contributed by atoms with Gasteiger partial charge < -0.3 is 29.2 Å². The van der Waals surface area contributed by atoms with Crippen LogP contribution in [0.4, 0.5) is 0 Å². The van der Waals surface area contributed by atoms with Gasteiger partial charge in [0.15, 0.2) is 0 Å². The summed E-state index contributed by atoms with van der Waals surface area (Å²) >= 11 is 0. The van der Waals surface area contributed by atoms with Crippen LogP contribution in [0.15, 0.2) is 0 Å². The summed E-state index contributed by atoms with van der Waals surface area (Å²) in [7, 11) is -10.3.